The lowest BCUT2D eigenvalue weighted by Crippen LogP contribution is -2.41. The number of hydrogen-bond donors (Lipinski definition) is 1. The van der Waals surface area contributed by atoms with Crippen LogP contribution in [0.4, 0.5) is 0 Å². The largest absolute Gasteiger partial charge is 0.508 e. The maximum atomic E-state index is 13.1. The highest BCUT2D eigenvalue weighted by Crippen LogP contribution is 2.53. The van der Waals surface area contributed by atoms with Gasteiger partial charge in [0.05, 0.1) is 0 Å². The minimum atomic E-state index is 0.0276. The lowest BCUT2D eigenvalue weighted by atomic mass is 9.86. The number of carbonyl (C=O) groups is 1. The molecule has 0 radical (unpaired) electrons. The second-order valence-corrected chi connectivity index (χ2v) is 7.60. The highest BCUT2D eigenvalue weighted by atomic mass is 16.3. The Kier molecular flexibility index (Phi) is 3.37. The minimum absolute atomic E-state index is 0.0276. The SMILES string of the molecule is Cn1cnc(-c2ccc(C(=O)N3Cc4ccc(O)cc4C4(CC4)C3)cc2)n1. The van der Waals surface area contributed by atoms with Crippen LogP contribution in [0, 0.1) is 0 Å². The number of amides is 1. The molecule has 1 aromatic heterocycles. The van der Waals surface area contributed by atoms with Gasteiger partial charge in [0.2, 0.25) is 0 Å². The molecule has 1 aliphatic heterocycles. The Labute approximate surface area is 157 Å². The van der Waals surface area contributed by atoms with Crippen molar-refractivity contribution in [2.45, 2.75) is 24.8 Å². The van der Waals surface area contributed by atoms with Gasteiger partial charge in [0.15, 0.2) is 5.82 Å². The Bertz CT molecular complexity index is 1030. The van der Waals surface area contributed by atoms with Gasteiger partial charge in [-0.1, -0.05) is 18.2 Å². The fourth-order valence-electron chi connectivity index (χ4n) is 4.05. The number of phenols is 1. The standard InChI is InChI=1S/C21H20N4O2/c1-24-13-22-19(23-24)14-2-4-15(5-3-14)20(27)25-11-16-6-7-17(26)10-18(16)21(12-25)8-9-21/h2-7,10,13,26H,8-9,11-12H2,1H3. The number of phenolic OH excluding ortho intramolecular Hbond substituents is 1. The molecule has 2 aliphatic rings. The number of aromatic nitrogens is 3. The lowest BCUT2D eigenvalue weighted by Gasteiger charge is -2.35. The van der Waals surface area contributed by atoms with Crippen LogP contribution in [0.15, 0.2) is 48.8 Å². The molecule has 0 unspecified atom stereocenters. The van der Waals surface area contributed by atoms with Gasteiger partial charge in [-0.15, -0.1) is 0 Å². The molecular weight excluding hydrogens is 340 g/mol. The molecule has 0 saturated heterocycles. The van der Waals surface area contributed by atoms with Crippen molar-refractivity contribution in [3.05, 3.63) is 65.5 Å². The zero-order chi connectivity index (χ0) is 18.6. The molecule has 3 aromatic rings. The molecule has 1 aliphatic carbocycles. The van der Waals surface area contributed by atoms with Gasteiger partial charge in [0.25, 0.3) is 5.91 Å². The van der Waals surface area contributed by atoms with E-state index >= 15 is 0 Å². The molecule has 0 atom stereocenters. The number of benzene rings is 2. The molecule has 0 bridgehead atoms. The monoisotopic (exact) mass is 360 g/mol. The Morgan fingerprint density at radius 1 is 1.15 bits per heavy atom. The number of rotatable bonds is 2. The molecule has 1 fully saturated rings. The van der Waals surface area contributed by atoms with Crippen molar-refractivity contribution in [3.8, 4) is 17.1 Å². The first-order valence-electron chi connectivity index (χ1n) is 9.12. The van der Waals surface area contributed by atoms with E-state index in [1.165, 1.54) is 5.56 Å². The molecule has 6 nitrogen and oxygen atoms in total. The van der Waals surface area contributed by atoms with Gasteiger partial charge in [-0.2, -0.15) is 5.10 Å². The van der Waals surface area contributed by atoms with Crippen LogP contribution in [0.1, 0.15) is 34.3 Å². The van der Waals surface area contributed by atoms with Crippen LogP contribution in [0.5, 0.6) is 5.75 Å². The summed E-state index contributed by atoms with van der Waals surface area (Å²) in [5.74, 6) is 0.999. The summed E-state index contributed by atoms with van der Waals surface area (Å²) < 4.78 is 1.66. The van der Waals surface area contributed by atoms with Crippen molar-refractivity contribution in [2.24, 2.45) is 7.05 Å². The maximum absolute atomic E-state index is 13.1. The van der Waals surface area contributed by atoms with Crippen LogP contribution in [0.2, 0.25) is 0 Å². The van der Waals surface area contributed by atoms with Gasteiger partial charge < -0.3 is 10.0 Å². The number of carbonyl (C=O) groups excluding carboxylic acids is 1. The normalized spacial score (nSPS) is 17.0. The van der Waals surface area contributed by atoms with E-state index in [0.717, 1.165) is 24.0 Å². The fourth-order valence-corrected chi connectivity index (χ4v) is 4.05. The molecule has 27 heavy (non-hydrogen) atoms. The van der Waals surface area contributed by atoms with E-state index in [0.29, 0.717) is 30.2 Å². The number of aryl methyl sites for hydroxylation is 1. The van der Waals surface area contributed by atoms with E-state index in [1.54, 1.807) is 17.1 Å². The Morgan fingerprint density at radius 3 is 2.59 bits per heavy atom. The highest BCUT2D eigenvalue weighted by Gasteiger charge is 2.50. The van der Waals surface area contributed by atoms with E-state index in [1.807, 2.05) is 48.3 Å². The summed E-state index contributed by atoms with van der Waals surface area (Å²) in [6, 6.07) is 13.0. The molecule has 1 spiro atoms. The summed E-state index contributed by atoms with van der Waals surface area (Å²) in [7, 11) is 1.83. The number of fused-ring (bicyclic) bond motifs is 2. The molecule has 136 valence electrons. The second-order valence-electron chi connectivity index (χ2n) is 7.60. The predicted octanol–water partition coefficient (Wildman–Crippen LogP) is 2.88. The predicted molar refractivity (Wildman–Crippen MR) is 100 cm³/mol. The van der Waals surface area contributed by atoms with Gasteiger partial charge in [0.1, 0.15) is 12.1 Å². The van der Waals surface area contributed by atoms with Crippen LogP contribution in [-0.4, -0.2) is 37.2 Å². The van der Waals surface area contributed by atoms with Gasteiger partial charge in [0, 0.05) is 36.7 Å². The summed E-state index contributed by atoms with van der Waals surface area (Å²) in [6.45, 7) is 1.30. The zero-order valence-electron chi connectivity index (χ0n) is 15.1. The summed E-state index contributed by atoms with van der Waals surface area (Å²) in [4.78, 5) is 19.3. The third kappa shape index (κ3) is 2.68. The van der Waals surface area contributed by atoms with Crippen LogP contribution in [0.3, 0.4) is 0 Å². The molecule has 1 amide bonds. The van der Waals surface area contributed by atoms with Gasteiger partial charge in [-0.05, 0) is 48.2 Å². The van der Waals surface area contributed by atoms with E-state index in [2.05, 4.69) is 10.1 Å². The van der Waals surface area contributed by atoms with Crippen LogP contribution < -0.4 is 0 Å². The Morgan fingerprint density at radius 2 is 1.93 bits per heavy atom. The van der Waals surface area contributed by atoms with Crippen molar-refractivity contribution in [2.75, 3.05) is 6.54 Å². The topological polar surface area (TPSA) is 71.2 Å². The van der Waals surface area contributed by atoms with Crippen molar-refractivity contribution in [1.82, 2.24) is 19.7 Å². The van der Waals surface area contributed by atoms with Crippen molar-refractivity contribution < 1.29 is 9.90 Å². The van der Waals surface area contributed by atoms with Crippen molar-refractivity contribution in [1.29, 1.82) is 0 Å². The van der Waals surface area contributed by atoms with Gasteiger partial charge in [-0.3, -0.25) is 9.48 Å². The van der Waals surface area contributed by atoms with Gasteiger partial charge in [-0.25, -0.2) is 4.98 Å². The Balaban J connectivity index is 1.41. The molecule has 1 saturated carbocycles. The molecule has 2 heterocycles. The highest BCUT2D eigenvalue weighted by molar-refractivity contribution is 5.95. The lowest BCUT2D eigenvalue weighted by molar-refractivity contribution is 0.0709. The van der Waals surface area contributed by atoms with Crippen molar-refractivity contribution >= 4 is 5.91 Å². The average Bonchev–Trinajstić information content (AvgIpc) is 3.31. The van der Waals surface area contributed by atoms with Crippen LogP contribution in [-0.2, 0) is 19.0 Å². The van der Waals surface area contributed by atoms with Crippen LogP contribution in [0.25, 0.3) is 11.4 Å². The number of hydrogen-bond acceptors (Lipinski definition) is 4. The first-order chi connectivity index (χ1) is 13.0. The fraction of sp³-hybridized carbons (Fsp3) is 0.286. The maximum Gasteiger partial charge on any atom is 0.254 e. The first-order valence-corrected chi connectivity index (χ1v) is 9.12. The summed E-state index contributed by atoms with van der Waals surface area (Å²) in [5.41, 5.74) is 3.94. The Hall–Kier alpha value is -3.15. The third-order valence-electron chi connectivity index (χ3n) is 5.65. The second kappa shape index (κ2) is 5.67. The summed E-state index contributed by atoms with van der Waals surface area (Å²) in [5, 5.41) is 14.1. The minimum Gasteiger partial charge on any atom is -0.508 e. The number of aromatic hydroxyl groups is 1. The van der Waals surface area contributed by atoms with Gasteiger partial charge >= 0.3 is 0 Å². The smallest absolute Gasteiger partial charge is 0.254 e. The molecule has 6 heteroatoms. The zero-order valence-corrected chi connectivity index (χ0v) is 15.1. The van der Waals surface area contributed by atoms with Crippen molar-refractivity contribution in [3.63, 3.8) is 0 Å². The van der Waals surface area contributed by atoms with Crippen LogP contribution >= 0.6 is 0 Å². The first kappa shape index (κ1) is 16.1. The van der Waals surface area contributed by atoms with E-state index < -0.39 is 0 Å². The quantitative estimate of drug-likeness (QED) is 0.763. The van der Waals surface area contributed by atoms with E-state index in [4.69, 9.17) is 0 Å². The molecular formula is C21H20N4O2. The van der Waals surface area contributed by atoms with E-state index in [9.17, 15) is 9.90 Å². The summed E-state index contributed by atoms with van der Waals surface area (Å²) >= 11 is 0. The summed E-state index contributed by atoms with van der Waals surface area (Å²) in [6.07, 6.45) is 3.79. The third-order valence-corrected chi connectivity index (χ3v) is 5.65. The molecule has 5 rings (SSSR count). The number of nitrogens with zero attached hydrogens (tertiary/aromatic N) is 4. The average molecular weight is 360 g/mol. The van der Waals surface area contributed by atoms with E-state index in [-0.39, 0.29) is 11.3 Å². The molecule has 2 aromatic carbocycles. The molecule has 1 N–H and O–H groups in total.